The van der Waals surface area contributed by atoms with Crippen molar-refractivity contribution in [3.05, 3.63) is 29.8 Å². The fourth-order valence-electron chi connectivity index (χ4n) is 2.24. The van der Waals surface area contributed by atoms with E-state index >= 15 is 0 Å². The Morgan fingerprint density at radius 2 is 2.41 bits per heavy atom. The minimum Gasteiger partial charge on any atom is -0.399 e. The van der Waals surface area contributed by atoms with Crippen LogP contribution >= 0.6 is 0 Å². The number of nitrogen functional groups attached to an aromatic ring is 1. The van der Waals surface area contributed by atoms with Crippen LogP contribution in [-0.2, 0) is 4.74 Å². The maximum absolute atomic E-state index is 12.2. The molecule has 4 nitrogen and oxygen atoms in total. The third kappa shape index (κ3) is 2.77. The van der Waals surface area contributed by atoms with Crippen LogP contribution in [0.15, 0.2) is 24.3 Å². The summed E-state index contributed by atoms with van der Waals surface area (Å²) in [5, 5.41) is 0. The molecule has 1 unspecified atom stereocenters. The topological polar surface area (TPSA) is 55.6 Å². The van der Waals surface area contributed by atoms with E-state index < -0.39 is 0 Å². The lowest BCUT2D eigenvalue weighted by atomic mass is 10.1. The number of carbonyl (C=O) groups is 1. The normalized spacial score (nSPS) is 19.6. The number of benzene rings is 1. The monoisotopic (exact) mass is 234 g/mol. The molecule has 1 heterocycles. The molecule has 2 N–H and O–H groups in total. The molecule has 1 saturated heterocycles. The number of carbonyl (C=O) groups excluding carboxylic acids is 1. The second-order valence-electron chi connectivity index (χ2n) is 4.49. The molecule has 1 atom stereocenters. The number of amides is 1. The molecule has 2 rings (SSSR count). The highest BCUT2D eigenvalue weighted by Crippen LogP contribution is 2.19. The van der Waals surface area contributed by atoms with E-state index in [2.05, 4.69) is 0 Å². The number of likely N-dealkylation sites (tertiary alicyclic amines) is 1. The molecular formula is C13H18N2O2. The van der Waals surface area contributed by atoms with E-state index in [1.54, 1.807) is 19.2 Å². The average molecular weight is 234 g/mol. The van der Waals surface area contributed by atoms with Gasteiger partial charge in [0.1, 0.15) is 0 Å². The van der Waals surface area contributed by atoms with Gasteiger partial charge in [0, 0.05) is 37.4 Å². The second kappa shape index (κ2) is 5.19. The highest BCUT2D eigenvalue weighted by molar-refractivity contribution is 5.95. The van der Waals surface area contributed by atoms with Crippen LogP contribution in [0, 0.1) is 5.92 Å². The standard InChI is InChI=1S/C13H18N2O2/c1-17-9-10-5-6-15(8-10)13(16)11-3-2-4-12(14)7-11/h2-4,7,10H,5-6,8-9,14H2,1H3. The van der Waals surface area contributed by atoms with Gasteiger partial charge >= 0.3 is 0 Å². The summed E-state index contributed by atoms with van der Waals surface area (Å²) < 4.78 is 5.12. The van der Waals surface area contributed by atoms with Gasteiger partial charge in [0.05, 0.1) is 6.61 Å². The average Bonchev–Trinajstić information content (AvgIpc) is 2.77. The maximum atomic E-state index is 12.2. The fraction of sp³-hybridized carbons (Fsp3) is 0.462. The van der Waals surface area contributed by atoms with Crippen molar-refractivity contribution < 1.29 is 9.53 Å². The molecule has 0 aliphatic carbocycles. The molecule has 0 saturated carbocycles. The van der Waals surface area contributed by atoms with E-state index in [-0.39, 0.29) is 5.91 Å². The van der Waals surface area contributed by atoms with Crippen molar-refractivity contribution in [2.24, 2.45) is 5.92 Å². The van der Waals surface area contributed by atoms with Crippen LogP contribution in [0.4, 0.5) is 5.69 Å². The Kier molecular flexibility index (Phi) is 3.64. The van der Waals surface area contributed by atoms with E-state index in [9.17, 15) is 4.79 Å². The number of methoxy groups -OCH3 is 1. The zero-order valence-corrected chi connectivity index (χ0v) is 10.1. The highest BCUT2D eigenvalue weighted by atomic mass is 16.5. The smallest absolute Gasteiger partial charge is 0.253 e. The predicted molar refractivity (Wildman–Crippen MR) is 66.7 cm³/mol. The Bertz CT molecular complexity index is 406. The first-order valence-corrected chi connectivity index (χ1v) is 5.84. The molecule has 0 spiro atoms. The molecule has 1 fully saturated rings. The number of ether oxygens (including phenoxy) is 1. The summed E-state index contributed by atoms with van der Waals surface area (Å²) in [6.07, 6.45) is 1.02. The third-order valence-electron chi connectivity index (χ3n) is 3.11. The van der Waals surface area contributed by atoms with Crippen molar-refractivity contribution in [2.75, 3.05) is 32.5 Å². The summed E-state index contributed by atoms with van der Waals surface area (Å²) in [6, 6.07) is 7.13. The molecule has 1 aliphatic rings. The predicted octanol–water partition coefficient (Wildman–Crippen LogP) is 1.38. The lowest BCUT2D eigenvalue weighted by molar-refractivity contribution is 0.0775. The van der Waals surface area contributed by atoms with E-state index in [1.165, 1.54) is 0 Å². The number of nitrogens with two attached hydrogens (primary N) is 1. The minimum absolute atomic E-state index is 0.0657. The Balaban J connectivity index is 2.02. The van der Waals surface area contributed by atoms with Gasteiger partial charge < -0.3 is 15.4 Å². The second-order valence-corrected chi connectivity index (χ2v) is 4.49. The van der Waals surface area contributed by atoms with Gasteiger partial charge in [-0.1, -0.05) is 6.07 Å². The van der Waals surface area contributed by atoms with Gasteiger partial charge in [-0.25, -0.2) is 0 Å². The van der Waals surface area contributed by atoms with Gasteiger partial charge in [0.25, 0.3) is 5.91 Å². The Labute approximate surface area is 101 Å². The highest BCUT2D eigenvalue weighted by Gasteiger charge is 2.26. The van der Waals surface area contributed by atoms with E-state index in [0.29, 0.717) is 17.2 Å². The summed E-state index contributed by atoms with van der Waals surface area (Å²) in [6.45, 7) is 2.31. The van der Waals surface area contributed by atoms with Crippen molar-refractivity contribution in [2.45, 2.75) is 6.42 Å². The molecule has 17 heavy (non-hydrogen) atoms. The molecule has 1 aliphatic heterocycles. The van der Waals surface area contributed by atoms with Gasteiger partial charge in [-0.3, -0.25) is 4.79 Å². The van der Waals surface area contributed by atoms with Gasteiger partial charge in [0.15, 0.2) is 0 Å². The van der Waals surface area contributed by atoms with E-state index in [4.69, 9.17) is 10.5 Å². The summed E-state index contributed by atoms with van der Waals surface area (Å²) in [7, 11) is 1.70. The zero-order valence-electron chi connectivity index (χ0n) is 10.1. The van der Waals surface area contributed by atoms with E-state index in [0.717, 1.165) is 26.1 Å². The van der Waals surface area contributed by atoms with E-state index in [1.807, 2.05) is 17.0 Å². The first kappa shape index (κ1) is 11.9. The lowest BCUT2D eigenvalue weighted by Crippen LogP contribution is -2.29. The lowest BCUT2D eigenvalue weighted by Gasteiger charge is -2.16. The summed E-state index contributed by atoms with van der Waals surface area (Å²) in [5.41, 5.74) is 6.98. The first-order chi connectivity index (χ1) is 8.20. The van der Waals surface area contributed by atoms with Crippen LogP contribution in [0.3, 0.4) is 0 Å². The summed E-state index contributed by atoms with van der Waals surface area (Å²) in [5.74, 6) is 0.529. The van der Waals surface area contributed by atoms with Gasteiger partial charge in [-0.05, 0) is 24.6 Å². The van der Waals surface area contributed by atoms with Crippen LogP contribution in [-0.4, -0.2) is 37.6 Å². The first-order valence-electron chi connectivity index (χ1n) is 5.84. The van der Waals surface area contributed by atoms with Crippen molar-refractivity contribution in [1.29, 1.82) is 0 Å². The Morgan fingerprint density at radius 3 is 3.12 bits per heavy atom. The largest absolute Gasteiger partial charge is 0.399 e. The SMILES string of the molecule is COCC1CCN(C(=O)c2cccc(N)c2)C1. The van der Waals surface area contributed by atoms with Crippen molar-refractivity contribution in [3.8, 4) is 0 Å². The Morgan fingerprint density at radius 1 is 1.59 bits per heavy atom. The molecule has 92 valence electrons. The molecule has 1 aromatic carbocycles. The quantitative estimate of drug-likeness (QED) is 0.804. The molecule has 0 bridgehead atoms. The van der Waals surface area contributed by atoms with Crippen molar-refractivity contribution in [3.63, 3.8) is 0 Å². The van der Waals surface area contributed by atoms with Gasteiger partial charge in [-0.15, -0.1) is 0 Å². The van der Waals surface area contributed by atoms with Crippen molar-refractivity contribution >= 4 is 11.6 Å². The van der Waals surface area contributed by atoms with Gasteiger partial charge in [-0.2, -0.15) is 0 Å². The number of anilines is 1. The number of nitrogens with zero attached hydrogens (tertiary/aromatic N) is 1. The number of hydrogen-bond acceptors (Lipinski definition) is 3. The van der Waals surface area contributed by atoms with Gasteiger partial charge in [0.2, 0.25) is 0 Å². The van der Waals surface area contributed by atoms with Crippen LogP contribution in [0.1, 0.15) is 16.8 Å². The van der Waals surface area contributed by atoms with Crippen LogP contribution in [0.25, 0.3) is 0 Å². The fourth-order valence-corrected chi connectivity index (χ4v) is 2.24. The molecule has 0 radical (unpaired) electrons. The van der Waals surface area contributed by atoms with Crippen LogP contribution < -0.4 is 5.73 Å². The molecule has 1 amide bonds. The Hall–Kier alpha value is -1.55. The van der Waals surface area contributed by atoms with Crippen LogP contribution in [0.2, 0.25) is 0 Å². The molecule has 4 heteroatoms. The zero-order chi connectivity index (χ0) is 12.3. The third-order valence-corrected chi connectivity index (χ3v) is 3.11. The maximum Gasteiger partial charge on any atom is 0.253 e. The molecular weight excluding hydrogens is 216 g/mol. The molecule has 0 aromatic heterocycles. The van der Waals surface area contributed by atoms with Crippen LogP contribution in [0.5, 0.6) is 0 Å². The number of rotatable bonds is 3. The number of hydrogen-bond donors (Lipinski definition) is 1. The minimum atomic E-state index is 0.0657. The summed E-state index contributed by atoms with van der Waals surface area (Å²) in [4.78, 5) is 14.1. The molecule has 1 aromatic rings. The van der Waals surface area contributed by atoms with Crippen molar-refractivity contribution in [1.82, 2.24) is 4.90 Å². The summed E-state index contributed by atoms with van der Waals surface area (Å²) >= 11 is 0.